The summed E-state index contributed by atoms with van der Waals surface area (Å²) in [6.07, 6.45) is 1.85. The number of rotatable bonds is 10. The Labute approximate surface area is 155 Å². The van der Waals surface area contributed by atoms with Gasteiger partial charge in [0.05, 0.1) is 5.75 Å². The third-order valence-electron chi connectivity index (χ3n) is 3.82. The van der Waals surface area contributed by atoms with Gasteiger partial charge < -0.3 is 0 Å². The molecular weight excluding hydrogens is 374 g/mol. The SMILES string of the molecule is CCCCC(c1ccccc1)S(=O)(=O)ONS(=O)(=O)Cc1ccccc1. The third kappa shape index (κ3) is 6.21. The summed E-state index contributed by atoms with van der Waals surface area (Å²) in [5.74, 6) is -0.367. The molecule has 0 aromatic heterocycles. The fourth-order valence-corrected chi connectivity index (χ4v) is 5.06. The lowest BCUT2D eigenvalue weighted by atomic mass is 10.1. The second kappa shape index (κ2) is 9.27. The average molecular weight is 398 g/mol. The molecule has 0 aliphatic carbocycles. The van der Waals surface area contributed by atoms with Crippen molar-refractivity contribution >= 4 is 20.1 Å². The minimum Gasteiger partial charge on any atom is -0.210 e. The number of benzene rings is 2. The minimum absolute atomic E-state index is 0.350. The van der Waals surface area contributed by atoms with Crippen LogP contribution in [0.15, 0.2) is 60.7 Å². The summed E-state index contributed by atoms with van der Waals surface area (Å²) in [5, 5.41) is -0.928. The molecular formula is C18H23NO5S2. The van der Waals surface area contributed by atoms with E-state index in [0.29, 0.717) is 24.0 Å². The van der Waals surface area contributed by atoms with E-state index in [1.54, 1.807) is 65.5 Å². The van der Waals surface area contributed by atoms with Crippen LogP contribution in [0, 0.1) is 0 Å². The smallest absolute Gasteiger partial charge is 0.210 e. The van der Waals surface area contributed by atoms with Gasteiger partial charge in [0.2, 0.25) is 10.0 Å². The van der Waals surface area contributed by atoms with Crippen LogP contribution in [-0.4, -0.2) is 16.8 Å². The molecule has 0 aliphatic rings. The van der Waals surface area contributed by atoms with Crippen molar-refractivity contribution in [3.63, 3.8) is 0 Å². The molecule has 8 heteroatoms. The van der Waals surface area contributed by atoms with Crippen LogP contribution in [0.4, 0.5) is 0 Å². The fourth-order valence-electron chi connectivity index (χ4n) is 2.52. The molecule has 6 nitrogen and oxygen atoms in total. The van der Waals surface area contributed by atoms with Crippen molar-refractivity contribution in [1.29, 1.82) is 0 Å². The summed E-state index contributed by atoms with van der Waals surface area (Å²) < 4.78 is 54.1. The number of unbranched alkanes of at least 4 members (excludes halogenated alkanes) is 1. The molecule has 0 heterocycles. The summed E-state index contributed by atoms with van der Waals surface area (Å²) in [6, 6.07) is 17.1. The number of nitrogens with one attached hydrogen (secondary N) is 1. The Balaban J connectivity index is 2.11. The van der Waals surface area contributed by atoms with Crippen molar-refractivity contribution < 1.29 is 21.1 Å². The highest BCUT2D eigenvalue weighted by Crippen LogP contribution is 2.29. The lowest BCUT2D eigenvalue weighted by Gasteiger charge is -2.17. The van der Waals surface area contributed by atoms with Gasteiger partial charge in [-0.25, -0.2) is 8.42 Å². The first-order chi connectivity index (χ1) is 12.3. The fraction of sp³-hybridized carbons (Fsp3) is 0.333. The van der Waals surface area contributed by atoms with Crippen molar-refractivity contribution in [2.75, 3.05) is 0 Å². The zero-order valence-corrected chi connectivity index (χ0v) is 16.2. The highest BCUT2D eigenvalue weighted by atomic mass is 32.2. The standard InChI is InChI=1S/C18H23NO5S2/c1-2-3-14-18(17-12-8-5-9-13-17)26(22,23)24-19-25(20,21)15-16-10-6-4-7-11-16/h4-13,18-19H,2-3,14-15H2,1H3. The topological polar surface area (TPSA) is 89.5 Å². The predicted molar refractivity (Wildman–Crippen MR) is 101 cm³/mol. The molecule has 0 spiro atoms. The van der Waals surface area contributed by atoms with Crippen molar-refractivity contribution in [2.24, 2.45) is 0 Å². The van der Waals surface area contributed by atoms with Gasteiger partial charge in [-0.2, -0.15) is 12.7 Å². The maximum absolute atomic E-state index is 12.6. The van der Waals surface area contributed by atoms with E-state index in [4.69, 9.17) is 4.28 Å². The molecule has 0 aliphatic heterocycles. The summed E-state index contributed by atoms with van der Waals surface area (Å²) in [6.45, 7) is 1.96. The number of sulfonamides is 1. The molecule has 1 atom stereocenters. The molecule has 0 bridgehead atoms. The van der Waals surface area contributed by atoms with Crippen LogP contribution in [0.25, 0.3) is 0 Å². The molecule has 1 N–H and O–H groups in total. The van der Waals surface area contributed by atoms with Crippen LogP contribution in [0.3, 0.4) is 0 Å². The normalized spacial score (nSPS) is 13.4. The van der Waals surface area contributed by atoms with Gasteiger partial charge in [-0.1, -0.05) is 85.3 Å². The van der Waals surface area contributed by atoms with Crippen molar-refractivity contribution in [3.8, 4) is 0 Å². The van der Waals surface area contributed by atoms with Crippen LogP contribution >= 0.6 is 0 Å². The Bertz CT molecular complexity index is 882. The molecule has 0 radical (unpaired) electrons. The van der Waals surface area contributed by atoms with E-state index in [9.17, 15) is 16.8 Å². The molecule has 0 saturated carbocycles. The van der Waals surface area contributed by atoms with Crippen LogP contribution in [-0.2, 0) is 30.2 Å². The largest absolute Gasteiger partial charge is 0.291 e. The maximum Gasteiger partial charge on any atom is 0.291 e. The van der Waals surface area contributed by atoms with Gasteiger partial charge in [-0.05, 0) is 17.5 Å². The van der Waals surface area contributed by atoms with E-state index in [0.717, 1.165) is 6.42 Å². The molecule has 2 aromatic rings. The molecule has 26 heavy (non-hydrogen) atoms. The maximum atomic E-state index is 12.6. The van der Waals surface area contributed by atoms with E-state index in [1.165, 1.54) is 0 Å². The van der Waals surface area contributed by atoms with Crippen LogP contribution in [0.2, 0.25) is 0 Å². The van der Waals surface area contributed by atoms with E-state index in [2.05, 4.69) is 0 Å². The number of hydrogen-bond donors (Lipinski definition) is 1. The monoisotopic (exact) mass is 397 g/mol. The Kier molecular flexibility index (Phi) is 7.33. The van der Waals surface area contributed by atoms with E-state index >= 15 is 0 Å². The van der Waals surface area contributed by atoms with Gasteiger partial charge >= 0.3 is 0 Å². The lowest BCUT2D eigenvalue weighted by Crippen LogP contribution is -2.31. The predicted octanol–water partition coefficient (Wildman–Crippen LogP) is 3.30. The molecule has 0 saturated heterocycles. The highest BCUT2D eigenvalue weighted by Gasteiger charge is 2.29. The van der Waals surface area contributed by atoms with E-state index in [-0.39, 0.29) is 5.75 Å². The molecule has 0 fully saturated rings. The molecule has 0 amide bonds. The van der Waals surface area contributed by atoms with Crippen molar-refractivity contribution in [2.45, 2.75) is 37.2 Å². The van der Waals surface area contributed by atoms with E-state index < -0.39 is 25.4 Å². The first-order valence-corrected chi connectivity index (χ1v) is 11.5. The summed E-state index contributed by atoms with van der Waals surface area (Å²) in [4.78, 5) is 1.76. The quantitative estimate of drug-likeness (QED) is 0.621. The van der Waals surface area contributed by atoms with Crippen molar-refractivity contribution in [3.05, 3.63) is 71.8 Å². The molecule has 2 rings (SSSR count). The highest BCUT2D eigenvalue weighted by molar-refractivity contribution is 7.90. The second-order valence-electron chi connectivity index (χ2n) is 5.95. The van der Waals surface area contributed by atoms with Gasteiger partial charge in [-0.3, -0.25) is 0 Å². The third-order valence-corrected chi connectivity index (χ3v) is 6.49. The Morgan fingerprint density at radius 2 is 1.50 bits per heavy atom. The Hall–Kier alpha value is -1.74. The zero-order chi connectivity index (χ0) is 19.0. The van der Waals surface area contributed by atoms with Gasteiger partial charge in [-0.15, -0.1) is 0 Å². The molecule has 1 unspecified atom stereocenters. The van der Waals surface area contributed by atoms with Crippen molar-refractivity contribution in [1.82, 2.24) is 4.89 Å². The van der Waals surface area contributed by atoms with Gasteiger partial charge in [0, 0.05) is 0 Å². The minimum atomic E-state index is -4.16. The van der Waals surface area contributed by atoms with Gasteiger partial charge in [0.1, 0.15) is 5.25 Å². The lowest BCUT2D eigenvalue weighted by molar-refractivity contribution is 0.267. The number of hydrogen-bond acceptors (Lipinski definition) is 5. The zero-order valence-electron chi connectivity index (χ0n) is 14.5. The Morgan fingerprint density at radius 3 is 2.08 bits per heavy atom. The van der Waals surface area contributed by atoms with Gasteiger partial charge in [0.15, 0.2) is 0 Å². The van der Waals surface area contributed by atoms with Crippen LogP contribution < -0.4 is 4.89 Å². The summed E-state index contributed by atoms with van der Waals surface area (Å²) in [5.41, 5.74) is 1.11. The van der Waals surface area contributed by atoms with Gasteiger partial charge in [0.25, 0.3) is 10.1 Å². The molecule has 2 aromatic carbocycles. The average Bonchev–Trinajstić information content (AvgIpc) is 2.62. The molecule has 142 valence electrons. The summed E-state index contributed by atoms with van der Waals surface area (Å²) in [7, 11) is -8.12. The Morgan fingerprint density at radius 1 is 0.923 bits per heavy atom. The first kappa shape index (κ1) is 20.6. The second-order valence-corrected chi connectivity index (χ2v) is 9.35. The van der Waals surface area contributed by atoms with E-state index in [1.807, 2.05) is 6.92 Å². The van der Waals surface area contributed by atoms with Crippen LogP contribution in [0.1, 0.15) is 42.6 Å². The summed E-state index contributed by atoms with van der Waals surface area (Å²) >= 11 is 0. The first-order valence-electron chi connectivity index (χ1n) is 8.34. The van der Waals surface area contributed by atoms with Crippen LogP contribution in [0.5, 0.6) is 0 Å².